The largest absolute Gasteiger partial charge is 0.497 e. The first-order chi connectivity index (χ1) is 7.63. The summed E-state index contributed by atoms with van der Waals surface area (Å²) in [5.74, 6) is 0.658. The Morgan fingerprint density at radius 2 is 2.25 bits per heavy atom. The van der Waals surface area contributed by atoms with Gasteiger partial charge in [0.15, 0.2) is 5.11 Å². The first-order valence-electron chi connectivity index (χ1n) is 4.92. The second-order valence-corrected chi connectivity index (χ2v) is 3.93. The number of benzene rings is 1. The molecule has 16 heavy (non-hydrogen) atoms. The third-order valence-electron chi connectivity index (χ3n) is 2.45. The zero-order valence-electron chi connectivity index (χ0n) is 9.06. The summed E-state index contributed by atoms with van der Waals surface area (Å²) in [7, 11) is 1.59. The molecule has 4 nitrogen and oxygen atoms in total. The first kappa shape index (κ1) is 10.9. The molecule has 0 radical (unpaired) electrons. The number of nitrogens with one attached hydrogen (secondary N) is 1. The SMILES string of the molecule is COc1cccc(N2C(=O)C(C)NC2=S)c1. The van der Waals surface area contributed by atoms with E-state index >= 15 is 0 Å². The number of carbonyl (C=O) groups excluding carboxylic acids is 1. The van der Waals surface area contributed by atoms with Crippen LogP contribution >= 0.6 is 12.2 Å². The second-order valence-electron chi connectivity index (χ2n) is 3.55. The maximum atomic E-state index is 11.9. The van der Waals surface area contributed by atoms with Crippen molar-refractivity contribution in [2.45, 2.75) is 13.0 Å². The van der Waals surface area contributed by atoms with Crippen molar-refractivity contribution in [2.24, 2.45) is 0 Å². The molecular formula is C11H12N2O2S. The fourth-order valence-electron chi connectivity index (χ4n) is 1.60. The highest BCUT2D eigenvalue weighted by Crippen LogP contribution is 2.23. The Balaban J connectivity index is 2.36. The monoisotopic (exact) mass is 236 g/mol. The summed E-state index contributed by atoms with van der Waals surface area (Å²) in [5.41, 5.74) is 0.728. The summed E-state index contributed by atoms with van der Waals surface area (Å²) in [6, 6.07) is 6.99. The van der Waals surface area contributed by atoms with Crippen molar-refractivity contribution < 1.29 is 9.53 Å². The third-order valence-corrected chi connectivity index (χ3v) is 2.75. The summed E-state index contributed by atoms with van der Waals surface area (Å²) < 4.78 is 5.11. The minimum atomic E-state index is -0.265. The van der Waals surface area contributed by atoms with Gasteiger partial charge in [0.1, 0.15) is 11.8 Å². The smallest absolute Gasteiger partial charge is 0.255 e. The topological polar surface area (TPSA) is 41.6 Å². The van der Waals surface area contributed by atoms with Gasteiger partial charge >= 0.3 is 0 Å². The van der Waals surface area contributed by atoms with E-state index in [-0.39, 0.29) is 11.9 Å². The highest BCUT2D eigenvalue weighted by atomic mass is 32.1. The van der Waals surface area contributed by atoms with Crippen molar-refractivity contribution >= 4 is 28.9 Å². The summed E-state index contributed by atoms with van der Waals surface area (Å²) in [6.45, 7) is 1.79. The van der Waals surface area contributed by atoms with Crippen LogP contribution in [-0.4, -0.2) is 24.2 Å². The van der Waals surface area contributed by atoms with E-state index in [2.05, 4.69) is 5.32 Å². The van der Waals surface area contributed by atoms with Crippen LogP contribution in [0.1, 0.15) is 6.92 Å². The number of rotatable bonds is 2. The molecule has 1 saturated heterocycles. The molecule has 0 aromatic heterocycles. The summed E-state index contributed by atoms with van der Waals surface area (Å²) in [5, 5.41) is 3.36. The van der Waals surface area contributed by atoms with Gasteiger partial charge in [-0.05, 0) is 31.3 Å². The standard InChI is InChI=1S/C11H12N2O2S/c1-7-10(14)13(11(16)12-7)8-4-3-5-9(6-8)15-2/h3-7H,1-2H3,(H,12,16). The predicted molar refractivity (Wildman–Crippen MR) is 65.7 cm³/mol. The highest BCUT2D eigenvalue weighted by Gasteiger charge is 2.33. The molecule has 0 saturated carbocycles. The van der Waals surface area contributed by atoms with E-state index in [1.165, 1.54) is 4.90 Å². The van der Waals surface area contributed by atoms with Crippen molar-refractivity contribution in [1.29, 1.82) is 0 Å². The van der Waals surface area contributed by atoms with E-state index in [1.807, 2.05) is 18.2 Å². The number of thiocarbonyl (C=S) groups is 1. The van der Waals surface area contributed by atoms with Crippen LogP contribution in [0.4, 0.5) is 5.69 Å². The van der Waals surface area contributed by atoms with Gasteiger partial charge in [-0.2, -0.15) is 0 Å². The average molecular weight is 236 g/mol. The molecule has 1 N–H and O–H groups in total. The Kier molecular flexibility index (Phi) is 2.78. The number of hydrogen-bond donors (Lipinski definition) is 1. The number of ether oxygens (including phenoxy) is 1. The van der Waals surface area contributed by atoms with Crippen molar-refractivity contribution in [3.8, 4) is 5.75 Å². The lowest BCUT2D eigenvalue weighted by molar-refractivity contribution is -0.117. The Bertz CT molecular complexity index is 447. The number of hydrogen-bond acceptors (Lipinski definition) is 3. The molecule has 1 amide bonds. The normalized spacial score (nSPS) is 19.9. The summed E-state index contributed by atoms with van der Waals surface area (Å²) in [6.07, 6.45) is 0. The van der Waals surface area contributed by atoms with Crippen LogP contribution in [0.25, 0.3) is 0 Å². The quantitative estimate of drug-likeness (QED) is 0.786. The van der Waals surface area contributed by atoms with Crippen LogP contribution in [0.5, 0.6) is 5.75 Å². The molecule has 84 valence electrons. The van der Waals surface area contributed by atoms with E-state index in [1.54, 1.807) is 20.1 Å². The minimum Gasteiger partial charge on any atom is -0.497 e. The van der Waals surface area contributed by atoms with Gasteiger partial charge < -0.3 is 10.1 Å². The van der Waals surface area contributed by atoms with Gasteiger partial charge in [0.2, 0.25) is 0 Å². The number of methoxy groups -OCH3 is 1. The molecule has 1 aliphatic heterocycles. The molecule has 1 unspecified atom stereocenters. The molecule has 1 aromatic carbocycles. The molecule has 1 aliphatic rings. The zero-order valence-corrected chi connectivity index (χ0v) is 9.88. The maximum Gasteiger partial charge on any atom is 0.255 e. The van der Waals surface area contributed by atoms with E-state index in [0.717, 1.165) is 5.69 Å². The number of nitrogens with zero attached hydrogens (tertiary/aromatic N) is 1. The van der Waals surface area contributed by atoms with Crippen LogP contribution in [0.2, 0.25) is 0 Å². The zero-order chi connectivity index (χ0) is 11.7. The Morgan fingerprint density at radius 1 is 1.50 bits per heavy atom. The van der Waals surface area contributed by atoms with Gasteiger partial charge in [0.05, 0.1) is 12.8 Å². The second kappa shape index (κ2) is 4.09. The molecule has 1 aromatic rings. The molecule has 1 atom stereocenters. The van der Waals surface area contributed by atoms with Crippen LogP contribution in [0.3, 0.4) is 0 Å². The van der Waals surface area contributed by atoms with Gasteiger partial charge in [-0.25, -0.2) is 0 Å². The molecule has 0 aliphatic carbocycles. The van der Waals surface area contributed by atoms with Crippen molar-refractivity contribution in [3.63, 3.8) is 0 Å². The molecule has 0 bridgehead atoms. The highest BCUT2D eigenvalue weighted by molar-refractivity contribution is 7.80. The van der Waals surface area contributed by atoms with Gasteiger partial charge in [-0.1, -0.05) is 6.07 Å². The summed E-state index contributed by atoms with van der Waals surface area (Å²) >= 11 is 5.11. The number of carbonyl (C=O) groups is 1. The number of amides is 1. The molecule has 0 spiro atoms. The molecular weight excluding hydrogens is 224 g/mol. The molecule has 5 heteroatoms. The van der Waals surface area contributed by atoms with Crippen molar-refractivity contribution in [1.82, 2.24) is 5.32 Å². The van der Waals surface area contributed by atoms with Crippen LogP contribution in [0, 0.1) is 0 Å². The van der Waals surface area contributed by atoms with Crippen molar-refractivity contribution in [3.05, 3.63) is 24.3 Å². The van der Waals surface area contributed by atoms with E-state index in [9.17, 15) is 4.79 Å². The van der Waals surface area contributed by atoms with Crippen molar-refractivity contribution in [2.75, 3.05) is 12.0 Å². The molecule has 2 rings (SSSR count). The van der Waals surface area contributed by atoms with Crippen LogP contribution < -0.4 is 15.0 Å². The number of anilines is 1. The van der Waals surface area contributed by atoms with Crippen LogP contribution in [0.15, 0.2) is 24.3 Å². The minimum absolute atomic E-state index is 0.0433. The third kappa shape index (κ3) is 1.74. The molecule has 1 heterocycles. The van der Waals surface area contributed by atoms with Gasteiger partial charge in [-0.15, -0.1) is 0 Å². The van der Waals surface area contributed by atoms with Crippen LogP contribution in [-0.2, 0) is 4.79 Å². The summed E-state index contributed by atoms with van der Waals surface area (Å²) in [4.78, 5) is 13.3. The van der Waals surface area contributed by atoms with Gasteiger partial charge in [-0.3, -0.25) is 9.69 Å². The van der Waals surface area contributed by atoms with E-state index in [4.69, 9.17) is 17.0 Å². The van der Waals surface area contributed by atoms with E-state index < -0.39 is 0 Å². The lowest BCUT2D eigenvalue weighted by atomic mass is 10.2. The fourth-order valence-corrected chi connectivity index (χ4v) is 1.97. The van der Waals surface area contributed by atoms with E-state index in [0.29, 0.717) is 10.9 Å². The Morgan fingerprint density at radius 3 is 2.81 bits per heavy atom. The van der Waals surface area contributed by atoms with Gasteiger partial charge in [0.25, 0.3) is 5.91 Å². The average Bonchev–Trinajstić information content (AvgIpc) is 2.53. The lowest BCUT2D eigenvalue weighted by Gasteiger charge is -2.15. The molecule has 1 fully saturated rings. The maximum absolute atomic E-state index is 11.9. The lowest BCUT2D eigenvalue weighted by Crippen LogP contribution is -2.30. The predicted octanol–water partition coefficient (Wildman–Crippen LogP) is 1.30. The van der Waals surface area contributed by atoms with Gasteiger partial charge in [0, 0.05) is 6.07 Å². The Labute approximate surface area is 99.2 Å². The Hall–Kier alpha value is -1.62. The first-order valence-corrected chi connectivity index (χ1v) is 5.33. The fraction of sp³-hybridized carbons (Fsp3) is 0.273.